The van der Waals surface area contributed by atoms with Crippen molar-refractivity contribution in [2.75, 3.05) is 6.54 Å². The number of ether oxygens (including phenoxy) is 1. The van der Waals surface area contributed by atoms with Gasteiger partial charge >= 0.3 is 5.97 Å². The molecule has 18 heavy (non-hydrogen) atoms. The first-order valence-corrected chi connectivity index (χ1v) is 6.30. The molecule has 0 aromatic heterocycles. The Balaban J connectivity index is 2.07. The zero-order valence-electron chi connectivity index (χ0n) is 9.77. The summed E-state index contributed by atoms with van der Waals surface area (Å²) in [6.07, 6.45) is 0.522. The third kappa shape index (κ3) is 3.01. The molecule has 96 valence electrons. The summed E-state index contributed by atoms with van der Waals surface area (Å²) in [4.78, 5) is 23.6. The van der Waals surface area contributed by atoms with Gasteiger partial charge in [-0.1, -0.05) is 18.2 Å². The van der Waals surface area contributed by atoms with Crippen molar-refractivity contribution in [3.63, 3.8) is 0 Å². The number of rotatable bonds is 2. The predicted molar refractivity (Wildman–Crippen MR) is 67.5 cm³/mol. The molecule has 1 aliphatic heterocycles. The number of amides is 1. The molecule has 4 nitrogen and oxygen atoms in total. The Labute approximate surface area is 110 Å². The van der Waals surface area contributed by atoms with E-state index in [1.54, 1.807) is 30.3 Å². The molecule has 0 radical (unpaired) electrons. The Hall–Kier alpha value is -1.55. The van der Waals surface area contributed by atoms with Gasteiger partial charge in [-0.2, -0.15) is 0 Å². The van der Waals surface area contributed by atoms with Gasteiger partial charge in [0.1, 0.15) is 0 Å². The highest BCUT2D eigenvalue weighted by molar-refractivity contribution is 6.22. The molecular weight excluding hydrogens is 254 g/mol. The third-order valence-electron chi connectivity index (χ3n) is 2.79. The van der Waals surface area contributed by atoms with Gasteiger partial charge in [0.05, 0.1) is 10.9 Å². The summed E-state index contributed by atoms with van der Waals surface area (Å²) >= 11 is 6.08. The van der Waals surface area contributed by atoms with E-state index in [-0.39, 0.29) is 5.91 Å². The van der Waals surface area contributed by atoms with E-state index in [1.165, 1.54) is 0 Å². The second-order valence-electron chi connectivity index (χ2n) is 4.14. The second-order valence-corrected chi connectivity index (χ2v) is 4.70. The quantitative estimate of drug-likeness (QED) is 0.656. The van der Waals surface area contributed by atoms with E-state index < -0.39 is 17.5 Å². The van der Waals surface area contributed by atoms with Crippen molar-refractivity contribution in [3.05, 3.63) is 35.9 Å². The topological polar surface area (TPSA) is 55.4 Å². The highest BCUT2D eigenvalue weighted by Crippen LogP contribution is 2.18. The number of benzene rings is 1. The standard InChI is InChI=1S/C13H14ClNO3/c14-10-7-4-8-15-12(16)11(10)18-13(17)9-5-2-1-3-6-9/h1-3,5-6,10-11H,4,7-8H2,(H,15,16). The fourth-order valence-electron chi connectivity index (χ4n) is 1.81. The molecule has 0 bridgehead atoms. The maximum Gasteiger partial charge on any atom is 0.338 e. The number of alkyl halides is 1. The Morgan fingerprint density at radius 3 is 2.78 bits per heavy atom. The van der Waals surface area contributed by atoms with Crippen molar-refractivity contribution in [1.29, 1.82) is 0 Å². The largest absolute Gasteiger partial charge is 0.447 e. The molecule has 1 fully saturated rings. The number of hydrogen-bond acceptors (Lipinski definition) is 3. The lowest BCUT2D eigenvalue weighted by Crippen LogP contribution is -2.40. The van der Waals surface area contributed by atoms with Crippen molar-refractivity contribution in [3.8, 4) is 0 Å². The Morgan fingerprint density at radius 2 is 2.06 bits per heavy atom. The van der Waals surface area contributed by atoms with E-state index >= 15 is 0 Å². The van der Waals surface area contributed by atoms with Crippen molar-refractivity contribution in [2.24, 2.45) is 0 Å². The van der Waals surface area contributed by atoms with Gasteiger partial charge in [0.25, 0.3) is 5.91 Å². The molecule has 0 spiro atoms. The molecule has 0 saturated carbocycles. The molecule has 5 heteroatoms. The van der Waals surface area contributed by atoms with Gasteiger partial charge in [0.15, 0.2) is 6.10 Å². The summed E-state index contributed by atoms with van der Waals surface area (Å²) in [5, 5.41) is 2.21. The Kier molecular flexibility index (Phi) is 4.20. The molecule has 2 rings (SSSR count). The second kappa shape index (κ2) is 5.87. The van der Waals surface area contributed by atoms with Gasteiger partial charge < -0.3 is 10.1 Å². The van der Waals surface area contributed by atoms with E-state index in [4.69, 9.17) is 16.3 Å². The number of nitrogens with one attached hydrogen (secondary N) is 1. The monoisotopic (exact) mass is 267 g/mol. The number of carbonyl (C=O) groups excluding carboxylic acids is 2. The van der Waals surface area contributed by atoms with Crippen molar-refractivity contribution in [1.82, 2.24) is 5.32 Å². The molecule has 1 aromatic carbocycles. The Morgan fingerprint density at radius 1 is 1.33 bits per heavy atom. The van der Waals surface area contributed by atoms with Crippen LogP contribution in [0.4, 0.5) is 0 Å². The fraction of sp³-hybridized carbons (Fsp3) is 0.385. The van der Waals surface area contributed by atoms with Crippen LogP contribution >= 0.6 is 11.6 Å². The van der Waals surface area contributed by atoms with Gasteiger partial charge in [-0.25, -0.2) is 4.79 Å². The molecule has 0 aliphatic carbocycles. The SMILES string of the molecule is O=C(OC1C(=O)NCCCC1Cl)c1ccccc1. The molecular formula is C13H14ClNO3. The van der Waals surface area contributed by atoms with Gasteiger partial charge in [-0.05, 0) is 25.0 Å². The third-order valence-corrected chi connectivity index (χ3v) is 3.23. The summed E-state index contributed by atoms with van der Waals surface area (Å²) in [7, 11) is 0. The zero-order valence-corrected chi connectivity index (χ0v) is 10.5. The average molecular weight is 268 g/mol. The maximum atomic E-state index is 11.9. The first-order valence-electron chi connectivity index (χ1n) is 5.86. The highest BCUT2D eigenvalue weighted by Gasteiger charge is 2.32. The van der Waals surface area contributed by atoms with Crippen LogP contribution in [0, 0.1) is 0 Å². The minimum absolute atomic E-state index is 0.322. The summed E-state index contributed by atoms with van der Waals surface area (Å²) in [6.45, 7) is 0.571. The van der Waals surface area contributed by atoms with Crippen LogP contribution < -0.4 is 5.32 Å². The summed E-state index contributed by atoms with van der Waals surface area (Å²) in [5.74, 6) is -0.847. The van der Waals surface area contributed by atoms with Crippen molar-refractivity contribution < 1.29 is 14.3 Å². The fourth-order valence-corrected chi connectivity index (χ4v) is 2.13. The molecule has 1 aliphatic rings. The molecule has 1 heterocycles. The average Bonchev–Trinajstić information content (AvgIpc) is 2.55. The van der Waals surface area contributed by atoms with Crippen molar-refractivity contribution in [2.45, 2.75) is 24.3 Å². The van der Waals surface area contributed by atoms with E-state index in [9.17, 15) is 9.59 Å². The van der Waals surface area contributed by atoms with Crippen LogP contribution in [0.3, 0.4) is 0 Å². The van der Waals surface area contributed by atoms with Crippen LogP contribution in [-0.2, 0) is 9.53 Å². The first kappa shape index (κ1) is 12.9. The van der Waals surface area contributed by atoms with Gasteiger partial charge in [-0.3, -0.25) is 4.79 Å². The predicted octanol–water partition coefficient (Wildman–Crippen LogP) is 1.73. The van der Waals surface area contributed by atoms with Crippen LogP contribution in [0.2, 0.25) is 0 Å². The van der Waals surface area contributed by atoms with E-state index in [0.29, 0.717) is 18.5 Å². The minimum Gasteiger partial charge on any atom is -0.447 e. The first-order chi connectivity index (χ1) is 8.68. The summed E-state index contributed by atoms with van der Waals surface area (Å²) in [6, 6.07) is 8.56. The van der Waals surface area contributed by atoms with Gasteiger partial charge in [-0.15, -0.1) is 11.6 Å². The molecule has 2 atom stereocenters. The van der Waals surface area contributed by atoms with Gasteiger partial charge in [0.2, 0.25) is 0 Å². The molecule has 1 N–H and O–H groups in total. The van der Waals surface area contributed by atoms with Crippen LogP contribution in [0.1, 0.15) is 23.2 Å². The summed E-state index contributed by atoms with van der Waals surface area (Å²) in [5.41, 5.74) is 0.415. The smallest absolute Gasteiger partial charge is 0.338 e. The number of carbonyl (C=O) groups is 2. The van der Waals surface area contributed by atoms with Crippen LogP contribution in [0.5, 0.6) is 0 Å². The van der Waals surface area contributed by atoms with Crippen LogP contribution in [-0.4, -0.2) is 29.9 Å². The lowest BCUT2D eigenvalue weighted by atomic mass is 10.1. The lowest BCUT2D eigenvalue weighted by Gasteiger charge is -2.18. The molecule has 1 saturated heterocycles. The summed E-state index contributed by atoms with van der Waals surface area (Å²) < 4.78 is 5.20. The Bertz CT molecular complexity index is 435. The molecule has 1 aromatic rings. The highest BCUT2D eigenvalue weighted by atomic mass is 35.5. The van der Waals surface area contributed by atoms with E-state index in [0.717, 1.165) is 6.42 Å². The minimum atomic E-state index is -0.915. The van der Waals surface area contributed by atoms with Crippen LogP contribution in [0.15, 0.2) is 30.3 Å². The number of esters is 1. The zero-order chi connectivity index (χ0) is 13.0. The van der Waals surface area contributed by atoms with Crippen molar-refractivity contribution >= 4 is 23.5 Å². The van der Waals surface area contributed by atoms with Crippen LogP contribution in [0.25, 0.3) is 0 Å². The molecule has 1 amide bonds. The number of halogens is 1. The lowest BCUT2D eigenvalue weighted by molar-refractivity contribution is -0.129. The molecule has 2 unspecified atom stereocenters. The van der Waals surface area contributed by atoms with E-state index in [2.05, 4.69) is 5.32 Å². The van der Waals surface area contributed by atoms with E-state index in [1.807, 2.05) is 0 Å². The van der Waals surface area contributed by atoms with Gasteiger partial charge in [0, 0.05) is 6.54 Å². The number of hydrogen-bond donors (Lipinski definition) is 1. The maximum absolute atomic E-state index is 11.9. The normalized spacial score (nSPS) is 23.9.